The third-order valence-electron chi connectivity index (χ3n) is 5.87. The quantitative estimate of drug-likeness (QED) is 0.188. The molecule has 8 heteroatoms. The summed E-state index contributed by atoms with van der Waals surface area (Å²) < 4.78 is 28.7. The second-order valence-electron chi connectivity index (χ2n) is 8.77. The van der Waals surface area contributed by atoms with Gasteiger partial charge >= 0.3 is 0 Å². The minimum atomic E-state index is -3.91. The summed E-state index contributed by atoms with van der Waals surface area (Å²) in [6.07, 6.45) is 26.7. The molecule has 2 heterocycles. The summed E-state index contributed by atoms with van der Waals surface area (Å²) in [4.78, 5) is 20.1. The molecule has 0 aliphatic carbocycles. The van der Waals surface area contributed by atoms with Crippen LogP contribution < -0.4 is 0 Å². The van der Waals surface area contributed by atoms with E-state index in [1.807, 2.05) is 29.2 Å². The molecule has 0 spiro atoms. The average Bonchev–Trinajstić information content (AvgIpc) is 3.16. The molecule has 2 rings (SSSR count). The van der Waals surface area contributed by atoms with E-state index in [2.05, 4.69) is 13.1 Å². The van der Waals surface area contributed by atoms with Crippen molar-refractivity contribution in [2.75, 3.05) is 25.5 Å². The Morgan fingerprint density at radius 3 is 2.06 bits per heavy atom. The fourth-order valence-electron chi connectivity index (χ4n) is 3.86. The highest BCUT2D eigenvalue weighted by Crippen LogP contribution is 2.21. The molecule has 1 unspecified atom stereocenters. The molecule has 33 heavy (non-hydrogen) atoms. The average molecular weight is 485 g/mol. The van der Waals surface area contributed by atoms with Gasteiger partial charge in [0.15, 0.2) is 12.9 Å². The first-order valence-corrected chi connectivity index (χ1v) is 14.2. The van der Waals surface area contributed by atoms with Crippen LogP contribution in [-0.4, -0.2) is 53.9 Å². The Morgan fingerprint density at radius 2 is 1.52 bits per heavy atom. The molecule has 1 fully saturated rings. The maximum atomic E-state index is 12.1. The number of allylic oxidation sites excluding steroid dienone is 4. The van der Waals surface area contributed by atoms with E-state index in [1.165, 1.54) is 64.7 Å². The normalized spacial score (nSPS) is 20.2. The summed E-state index contributed by atoms with van der Waals surface area (Å²) in [5.74, 6) is -0.0540. The highest BCUT2D eigenvalue weighted by atomic mass is 32.2. The molecule has 0 aromatic heterocycles. The smallest absolute Gasteiger partial charge is 0.227 e. The SMILES string of the molecule is CCCCCCCCCCCC[N+]1(CN2CCCC2=O)C=CC=CC=CO1.CCS(=O)(=O)[O-]. The van der Waals surface area contributed by atoms with Gasteiger partial charge in [0, 0.05) is 25.1 Å². The number of hydroxylamine groups is 3. The molecule has 1 saturated heterocycles. The highest BCUT2D eigenvalue weighted by molar-refractivity contribution is 7.85. The van der Waals surface area contributed by atoms with E-state index in [1.54, 1.807) is 6.26 Å². The van der Waals surface area contributed by atoms with Crippen LogP contribution >= 0.6 is 0 Å². The van der Waals surface area contributed by atoms with Crippen molar-refractivity contribution in [2.24, 2.45) is 0 Å². The van der Waals surface area contributed by atoms with Crippen molar-refractivity contribution in [1.82, 2.24) is 4.90 Å². The number of likely N-dealkylation sites (tertiary alicyclic amines) is 1. The van der Waals surface area contributed by atoms with Crippen LogP contribution in [0.1, 0.15) is 90.9 Å². The zero-order chi connectivity index (χ0) is 24.4. The number of carbonyl (C=O) groups excluding carboxylic acids is 1. The molecule has 0 saturated carbocycles. The Hall–Kier alpha value is -1.64. The van der Waals surface area contributed by atoms with Crippen molar-refractivity contribution >= 4 is 16.0 Å². The Labute approximate surface area is 201 Å². The maximum Gasteiger partial charge on any atom is 0.227 e. The van der Waals surface area contributed by atoms with Crippen molar-refractivity contribution in [3.8, 4) is 0 Å². The first-order chi connectivity index (χ1) is 15.8. The van der Waals surface area contributed by atoms with E-state index in [4.69, 9.17) is 4.84 Å². The molecule has 1 atom stereocenters. The van der Waals surface area contributed by atoms with Crippen molar-refractivity contribution in [2.45, 2.75) is 90.9 Å². The van der Waals surface area contributed by atoms with Gasteiger partial charge in [-0.25, -0.2) is 8.42 Å². The topological polar surface area (TPSA) is 86.7 Å². The van der Waals surface area contributed by atoms with Crippen LogP contribution in [-0.2, 0) is 19.8 Å². The number of quaternary nitrogens is 1. The monoisotopic (exact) mass is 484 g/mol. The van der Waals surface area contributed by atoms with Crippen LogP contribution in [0.25, 0.3) is 0 Å². The first kappa shape index (κ1) is 29.4. The molecule has 1 amide bonds. The Morgan fingerprint density at radius 1 is 0.939 bits per heavy atom. The Kier molecular flexibility index (Phi) is 15.0. The van der Waals surface area contributed by atoms with Crippen LogP contribution in [0.4, 0.5) is 0 Å². The molecule has 0 aromatic rings. The summed E-state index contributed by atoms with van der Waals surface area (Å²) >= 11 is 0. The lowest BCUT2D eigenvalue weighted by Crippen LogP contribution is -2.50. The van der Waals surface area contributed by atoms with Crippen molar-refractivity contribution in [3.63, 3.8) is 0 Å². The van der Waals surface area contributed by atoms with Crippen LogP contribution in [0.15, 0.2) is 36.8 Å². The van der Waals surface area contributed by atoms with Gasteiger partial charge in [-0.15, -0.1) is 0 Å². The maximum absolute atomic E-state index is 12.1. The molecule has 0 bridgehead atoms. The fourth-order valence-corrected chi connectivity index (χ4v) is 3.86. The predicted octanol–water partition coefficient (Wildman–Crippen LogP) is 5.38. The second-order valence-corrected chi connectivity index (χ2v) is 10.5. The molecule has 0 aromatic carbocycles. The largest absolute Gasteiger partial charge is 0.748 e. The van der Waals surface area contributed by atoms with Gasteiger partial charge in [-0.3, -0.25) is 9.69 Å². The van der Waals surface area contributed by atoms with Crippen LogP contribution in [0.2, 0.25) is 0 Å². The molecule has 7 nitrogen and oxygen atoms in total. The molecular formula is C25H44N2O5S. The van der Waals surface area contributed by atoms with Gasteiger partial charge in [0.2, 0.25) is 5.91 Å². The summed E-state index contributed by atoms with van der Waals surface area (Å²) in [7, 11) is -3.91. The first-order valence-electron chi connectivity index (χ1n) is 12.6. The van der Waals surface area contributed by atoms with Crippen molar-refractivity contribution < 1.29 is 27.2 Å². The van der Waals surface area contributed by atoms with Gasteiger partial charge < -0.3 is 9.39 Å². The minimum absolute atomic E-state index is 0.258. The number of hydrogen-bond donors (Lipinski definition) is 0. The number of nitrogens with zero attached hydrogens (tertiary/aromatic N) is 2. The fraction of sp³-hybridized carbons (Fsp3) is 0.720. The Bertz CT molecular complexity index is 733. The third-order valence-corrected chi connectivity index (χ3v) is 6.57. The summed E-state index contributed by atoms with van der Waals surface area (Å²) in [6.45, 7) is 5.96. The lowest BCUT2D eigenvalue weighted by atomic mass is 10.1. The van der Waals surface area contributed by atoms with Crippen LogP contribution in [0.3, 0.4) is 0 Å². The van der Waals surface area contributed by atoms with Crippen molar-refractivity contribution in [3.05, 3.63) is 36.8 Å². The summed E-state index contributed by atoms with van der Waals surface area (Å²) in [5, 5.41) is 0. The van der Waals surface area contributed by atoms with E-state index in [0.29, 0.717) is 17.7 Å². The molecular weight excluding hydrogens is 440 g/mol. The number of carbonyl (C=O) groups is 1. The molecule has 2 aliphatic heterocycles. The van der Waals surface area contributed by atoms with E-state index < -0.39 is 10.1 Å². The van der Waals surface area contributed by atoms with Gasteiger partial charge in [-0.05, 0) is 25.0 Å². The third kappa shape index (κ3) is 14.3. The summed E-state index contributed by atoms with van der Waals surface area (Å²) in [5.41, 5.74) is 0. The number of unbranched alkanes of at least 4 members (excludes halogenated alkanes) is 9. The lowest BCUT2D eigenvalue weighted by Gasteiger charge is -2.34. The number of rotatable bonds is 14. The van der Waals surface area contributed by atoms with Gasteiger partial charge in [0.25, 0.3) is 0 Å². The zero-order valence-corrected chi connectivity index (χ0v) is 21.4. The Balaban J connectivity index is 0.000000801. The summed E-state index contributed by atoms with van der Waals surface area (Å²) in [6, 6.07) is 0. The highest BCUT2D eigenvalue weighted by Gasteiger charge is 2.34. The standard InChI is InChI=1S/C23H39N2O2.C2H6O3S/c1-2-3-4-5-6-7-8-9-10-13-19-25(20-14-11-12-15-21-27-25)22-24-18-16-17-23(24)26;1-2-6(3,4)5/h11-12,14-15,20-21H,2-10,13,16-19,22H2,1H3;2H2,1H3,(H,3,4,5)/q+1;/p-1. The molecule has 2 aliphatic rings. The van der Waals surface area contributed by atoms with Gasteiger partial charge in [0.05, 0.1) is 10.1 Å². The van der Waals surface area contributed by atoms with E-state index in [9.17, 15) is 17.8 Å². The van der Waals surface area contributed by atoms with E-state index in [-0.39, 0.29) is 11.7 Å². The lowest BCUT2D eigenvalue weighted by molar-refractivity contribution is -1.06. The molecule has 0 radical (unpaired) electrons. The van der Waals surface area contributed by atoms with Crippen molar-refractivity contribution in [1.29, 1.82) is 0 Å². The van der Waals surface area contributed by atoms with E-state index >= 15 is 0 Å². The number of hydrogen-bond acceptors (Lipinski definition) is 5. The van der Waals surface area contributed by atoms with Gasteiger partial charge in [-0.1, -0.05) is 82.0 Å². The van der Waals surface area contributed by atoms with Gasteiger partial charge in [0.1, 0.15) is 12.7 Å². The second kappa shape index (κ2) is 16.9. The van der Waals surface area contributed by atoms with Crippen LogP contribution in [0.5, 0.6) is 0 Å². The van der Waals surface area contributed by atoms with E-state index in [0.717, 1.165) is 25.9 Å². The zero-order valence-electron chi connectivity index (χ0n) is 20.6. The minimum Gasteiger partial charge on any atom is -0.748 e. The van der Waals surface area contributed by atoms with Crippen LogP contribution in [0, 0.1) is 0 Å². The number of amides is 1. The molecule has 190 valence electrons. The van der Waals surface area contributed by atoms with Gasteiger partial charge in [-0.2, -0.15) is 0 Å². The molecule has 0 N–H and O–H groups in total. The predicted molar refractivity (Wildman–Crippen MR) is 132 cm³/mol.